The zero-order valence-corrected chi connectivity index (χ0v) is 11.6. The fourth-order valence-electron chi connectivity index (χ4n) is 2.50. The first-order valence-corrected chi connectivity index (χ1v) is 6.62. The molecule has 0 bridgehead atoms. The van der Waals surface area contributed by atoms with Crippen LogP contribution in [0.4, 0.5) is 0 Å². The van der Waals surface area contributed by atoms with Gasteiger partial charge in [0, 0.05) is 36.8 Å². The molecule has 1 aliphatic heterocycles. The van der Waals surface area contributed by atoms with Crippen LogP contribution in [0.25, 0.3) is 0 Å². The van der Waals surface area contributed by atoms with E-state index >= 15 is 0 Å². The van der Waals surface area contributed by atoms with E-state index in [2.05, 4.69) is 15.1 Å². The van der Waals surface area contributed by atoms with Crippen LogP contribution in [0.5, 0.6) is 0 Å². The molecular weight excluding hydrogens is 256 g/mol. The van der Waals surface area contributed by atoms with E-state index in [9.17, 15) is 4.79 Å². The smallest absolute Gasteiger partial charge is 0.227 e. The van der Waals surface area contributed by atoms with Crippen molar-refractivity contribution < 1.29 is 9.32 Å². The van der Waals surface area contributed by atoms with Crippen LogP contribution in [0.2, 0.25) is 0 Å². The fourth-order valence-corrected chi connectivity index (χ4v) is 2.50. The van der Waals surface area contributed by atoms with Crippen molar-refractivity contribution in [3.05, 3.63) is 40.8 Å². The summed E-state index contributed by atoms with van der Waals surface area (Å²) in [5, 5.41) is 3.88. The first kappa shape index (κ1) is 12.8. The van der Waals surface area contributed by atoms with Gasteiger partial charge < -0.3 is 9.42 Å². The number of rotatable bonds is 2. The predicted molar refractivity (Wildman–Crippen MR) is 70.8 cm³/mol. The number of hydrogen-bond acceptors (Lipinski definition) is 5. The fraction of sp³-hybridized carbons (Fsp3) is 0.429. The molecule has 2 aromatic heterocycles. The largest absolute Gasteiger partial charge is 0.361 e. The normalized spacial score (nSPS) is 14.2. The highest BCUT2D eigenvalue weighted by Crippen LogP contribution is 2.18. The number of aromatic nitrogens is 3. The molecule has 0 fully saturated rings. The predicted octanol–water partition coefficient (Wildman–Crippen LogP) is 1.21. The number of carbonyl (C=O) groups is 1. The lowest BCUT2D eigenvalue weighted by Gasteiger charge is -2.27. The lowest BCUT2D eigenvalue weighted by molar-refractivity contribution is -0.131. The Hall–Kier alpha value is -2.24. The SMILES string of the molecule is Cc1noc(C)c1CC(=O)N1CCc2ncncc2C1. The van der Waals surface area contributed by atoms with Crippen molar-refractivity contribution in [1.82, 2.24) is 20.0 Å². The second kappa shape index (κ2) is 5.03. The maximum atomic E-state index is 12.4. The van der Waals surface area contributed by atoms with Crippen LogP contribution in [0, 0.1) is 13.8 Å². The van der Waals surface area contributed by atoms with E-state index in [0.717, 1.165) is 34.7 Å². The first-order chi connectivity index (χ1) is 9.65. The van der Waals surface area contributed by atoms with E-state index in [1.165, 1.54) is 0 Å². The topological polar surface area (TPSA) is 72.1 Å². The molecule has 0 radical (unpaired) electrons. The number of fused-ring (bicyclic) bond motifs is 1. The number of hydrogen-bond donors (Lipinski definition) is 0. The molecule has 2 aromatic rings. The molecule has 0 atom stereocenters. The Kier molecular flexibility index (Phi) is 3.22. The van der Waals surface area contributed by atoms with Gasteiger partial charge in [-0.25, -0.2) is 9.97 Å². The molecule has 0 aromatic carbocycles. The van der Waals surface area contributed by atoms with Crippen LogP contribution in [0.3, 0.4) is 0 Å². The molecule has 0 aliphatic carbocycles. The average molecular weight is 272 g/mol. The zero-order chi connectivity index (χ0) is 14.1. The summed E-state index contributed by atoms with van der Waals surface area (Å²) < 4.78 is 5.10. The number of amides is 1. The van der Waals surface area contributed by atoms with Gasteiger partial charge in [0.25, 0.3) is 0 Å². The van der Waals surface area contributed by atoms with Crippen LogP contribution in [-0.2, 0) is 24.2 Å². The molecule has 1 aliphatic rings. The van der Waals surface area contributed by atoms with Crippen molar-refractivity contribution in [2.24, 2.45) is 0 Å². The molecule has 104 valence electrons. The first-order valence-electron chi connectivity index (χ1n) is 6.62. The molecule has 1 amide bonds. The highest BCUT2D eigenvalue weighted by atomic mass is 16.5. The Labute approximate surface area is 116 Å². The third-order valence-corrected chi connectivity index (χ3v) is 3.72. The maximum Gasteiger partial charge on any atom is 0.227 e. The van der Waals surface area contributed by atoms with Crippen LogP contribution in [0.1, 0.15) is 28.3 Å². The van der Waals surface area contributed by atoms with Crippen molar-refractivity contribution in [1.29, 1.82) is 0 Å². The summed E-state index contributed by atoms with van der Waals surface area (Å²) in [6.45, 7) is 4.98. The van der Waals surface area contributed by atoms with Crippen molar-refractivity contribution in [2.45, 2.75) is 33.2 Å². The highest BCUT2D eigenvalue weighted by Gasteiger charge is 2.23. The summed E-state index contributed by atoms with van der Waals surface area (Å²) >= 11 is 0. The monoisotopic (exact) mass is 272 g/mol. The van der Waals surface area contributed by atoms with Gasteiger partial charge in [0.1, 0.15) is 12.1 Å². The van der Waals surface area contributed by atoms with Gasteiger partial charge in [-0.05, 0) is 13.8 Å². The van der Waals surface area contributed by atoms with Gasteiger partial charge in [-0.1, -0.05) is 5.16 Å². The van der Waals surface area contributed by atoms with E-state index in [1.54, 1.807) is 12.5 Å². The molecule has 6 heteroatoms. The lowest BCUT2D eigenvalue weighted by Crippen LogP contribution is -2.37. The summed E-state index contributed by atoms with van der Waals surface area (Å²) in [7, 11) is 0. The van der Waals surface area contributed by atoms with E-state index in [0.29, 0.717) is 19.5 Å². The number of carbonyl (C=O) groups excluding carboxylic acids is 1. The van der Waals surface area contributed by atoms with Crippen LogP contribution in [0.15, 0.2) is 17.0 Å². The highest BCUT2D eigenvalue weighted by molar-refractivity contribution is 5.79. The average Bonchev–Trinajstić information content (AvgIpc) is 2.78. The minimum atomic E-state index is 0.0916. The Bertz CT molecular complexity index is 631. The summed E-state index contributed by atoms with van der Waals surface area (Å²) in [4.78, 5) is 22.5. The van der Waals surface area contributed by atoms with Gasteiger partial charge >= 0.3 is 0 Å². The van der Waals surface area contributed by atoms with Crippen molar-refractivity contribution >= 4 is 5.91 Å². The van der Waals surface area contributed by atoms with Crippen molar-refractivity contribution in [2.75, 3.05) is 6.54 Å². The van der Waals surface area contributed by atoms with Crippen molar-refractivity contribution in [3.63, 3.8) is 0 Å². The molecule has 0 unspecified atom stereocenters. The molecular formula is C14H16N4O2. The Balaban J connectivity index is 1.74. The molecule has 0 N–H and O–H groups in total. The molecule has 0 spiro atoms. The number of nitrogens with zero attached hydrogens (tertiary/aromatic N) is 4. The molecule has 3 heterocycles. The molecule has 6 nitrogen and oxygen atoms in total. The molecule has 3 rings (SSSR count). The maximum absolute atomic E-state index is 12.4. The Morgan fingerprint density at radius 1 is 1.45 bits per heavy atom. The summed E-state index contributed by atoms with van der Waals surface area (Å²) in [5.41, 5.74) is 3.76. The van der Waals surface area contributed by atoms with E-state index < -0.39 is 0 Å². The van der Waals surface area contributed by atoms with E-state index in [-0.39, 0.29) is 5.91 Å². The molecule has 0 saturated heterocycles. The molecule has 0 saturated carbocycles. The third-order valence-electron chi connectivity index (χ3n) is 3.72. The van der Waals surface area contributed by atoms with Gasteiger partial charge in [-0.15, -0.1) is 0 Å². The van der Waals surface area contributed by atoms with E-state index in [1.807, 2.05) is 18.7 Å². The molecule has 20 heavy (non-hydrogen) atoms. The second-order valence-corrected chi connectivity index (χ2v) is 5.04. The number of aryl methyl sites for hydroxylation is 2. The quantitative estimate of drug-likeness (QED) is 0.821. The minimum Gasteiger partial charge on any atom is -0.361 e. The van der Waals surface area contributed by atoms with Crippen LogP contribution < -0.4 is 0 Å². The lowest BCUT2D eigenvalue weighted by atomic mass is 10.1. The third kappa shape index (κ3) is 2.29. The van der Waals surface area contributed by atoms with Crippen LogP contribution in [-0.4, -0.2) is 32.5 Å². The second-order valence-electron chi connectivity index (χ2n) is 5.04. The van der Waals surface area contributed by atoms with Gasteiger partial charge in [-0.2, -0.15) is 0 Å². The summed E-state index contributed by atoms with van der Waals surface area (Å²) in [6.07, 6.45) is 4.47. The van der Waals surface area contributed by atoms with Crippen LogP contribution >= 0.6 is 0 Å². The Morgan fingerprint density at radius 3 is 3.05 bits per heavy atom. The van der Waals surface area contributed by atoms with Crippen molar-refractivity contribution in [3.8, 4) is 0 Å². The summed E-state index contributed by atoms with van der Waals surface area (Å²) in [5.74, 6) is 0.811. The summed E-state index contributed by atoms with van der Waals surface area (Å²) in [6, 6.07) is 0. The zero-order valence-electron chi connectivity index (χ0n) is 11.6. The Morgan fingerprint density at radius 2 is 2.30 bits per heavy atom. The van der Waals surface area contributed by atoms with Gasteiger partial charge in [0.05, 0.1) is 17.8 Å². The van der Waals surface area contributed by atoms with Gasteiger partial charge in [0.2, 0.25) is 5.91 Å². The van der Waals surface area contributed by atoms with Gasteiger partial charge in [0.15, 0.2) is 0 Å². The minimum absolute atomic E-state index is 0.0916. The standard InChI is InChI=1S/C14H16N4O2/c1-9-12(10(2)20-17-9)5-14(19)18-4-3-13-11(7-18)6-15-8-16-13/h6,8H,3-5,7H2,1-2H3. The van der Waals surface area contributed by atoms with Gasteiger partial charge in [-0.3, -0.25) is 4.79 Å². The van der Waals surface area contributed by atoms with E-state index in [4.69, 9.17) is 4.52 Å².